The smallest absolute Gasteiger partial charge is 0.220 e. The normalized spacial score (nSPS) is 12.0. The summed E-state index contributed by atoms with van der Waals surface area (Å²) in [5.41, 5.74) is 10.2. The molecule has 0 atom stereocenters. The van der Waals surface area contributed by atoms with Gasteiger partial charge in [-0.15, -0.1) is 0 Å². The number of imidazole rings is 1. The molecule has 0 saturated heterocycles. The number of hydrogen-bond donors (Lipinski definition) is 0. The lowest BCUT2D eigenvalue weighted by molar-refractivity contribution is 1.05. The second-order valence-electron chi connectivity index (χ2n) is 12.4. The first-order chi connectivity index (χ1) is 24.8. The standard InChI is InChI=1S/C44H28N6/c1-2-13-30(14-3-1)41-46-42(48-43(47-41)33-23-22-29-12-4-5-15-32(29)28-33)31-24-26-34(27-25-31)49-38-19-9-6-16-35(38)36-17-7-10-20-39(36)50-40-21-11-8-18-37(40)45-44(49)50/h1-28H. The van der Waals surface area contributed by atoms with Gasteiger partial charge in [-0.3, -0.25) is 9.47 Å². The zero-order valence-corrected chi connectivity index (χ0v) is 26.8. The van der Waals surface area contributed by atoms with E-state index >= 15 is 0 Å². The number of fused-ring (bicyclic) bond motifs is 8. The molecule has 0 N–H and O–H groups in total. The summed E-state index contributed by atoms with van der Waals surface area (Å²) in [5, 5.41) is 2.32. The largest absolute Gasteiger partial charge is 0.280 e. The first-order valence-electron chi connectivity index (χ1n) is 16.7. The number of anilines is 3. The van der Waals surface area contributed by atoms with Gasteiger partial charge in [-0.05, 0) is 65.4 Å². The molecule has 50 heavy (non-hydrogen) atoms. The molecule has 6 heteroatoms. The van der Waals surface area contributed by atoms with Crippen LogP contribution >= 0.6 is 0 Å². The van der Waals surface area contributed by atoms with Gasteiger partial charge in [0.15, 0.2) is 17.5 Å². The van der Waals surface area contributed by atoms with E-state index in [1.165, 1.54) is 5.39 Å². The van der Waals surface area contributed by atoms with Gasteiger partial charge in [-0.1, -0.05) is 115 Å². The maximum atomic E-state index is 5.22. The molecule has 0 aliphatic carbocycles. The fraction of sp³-hybridized carbons (Fsp3) is 0. The van der Waals surface area contributed by atoms with Gasteiger partial charge in [0.25, 0.3) is 0 Å². The van der Waals surface area contributed by atoms with Gasteiger partial charge in [0.1, 0.15) is 0 Å². The van der Waals surface area contributed by atoms with E-state index in [9.17, 15) is 0 Å². The Balaban J connectivity index is 1.13. The van der Waals surface area contributed by atoms with Crippen LogP contribution in [-0.2, 0) is 0 Å². The molecule has 0 radical (unpaired) electrons. The van der Waals surface area contributed by atoms with Crippen molar-refractivity contribution in [3.63, 3.8) is 0 Å². The topological polar surface area (TPSA) is 59.7 Å². The Morgan fingerprint density at radius 1 is 0.380 bits per heavy atom. The molecule has 10 rings (SSSR count). The molecule has 234 valence electrons. The molecule has 6 nitrogen and oxygen atoms in total. The minimum atomic E-state index is 0.615. The number of nitrogens with zero attached hydrogens (tertiary/aromatic N) is 6. The molecule has 1 aliphatic rings. The van der Waals surface area contributed by atoms with Crippen molar-refractivity contribution in [1.82, 2.24) is 24.5 Å². The zero-order valence-electron chi connectivity index (χ0n) is 26.8. The molecule has 0 saturated carbocycles. The van der Waals surface area contributed by atoms with Crippen LogP contribution in [0.5, 0.6) is 0 Å². The van der Waals surface area contributed by atoms with Gasteiger partial charge in [0.05, 0.1) is 22.4 Å². The van der Waals surface area contributed by atoms with Crippen LogP contribution in [0.4, 0.5) is 17.3 Å². The highest BCUT2D eigenvalue weighted by atomic mass is 15.3. The fourth-order valence-corrected chi connectivity index (χ4v) is 6.99. The van der Waals surface area contributed by atoms with E-state index in [0.29, 0.717) is 17.5 Å². The monoisotopic (exact) mass is 640 g/mol. The van der Waals surface area contributed by atoms with Crippen LogP contribution in [0.1, 0.15) is 0 Å². The molecule has 1 aliphatic heterocycles. The Morgan fingerprint density at radius 3 is 1.72 bits per heavy atom. The van der Waals surface area contributed by atoms with E-state index in [0.717, 1.165) is 67.2 Å². The van der Waals surface area contributed by atoms with E-state index < -0.39 is 0 Å². The summed E-state index contributed by atoms with van der Waals surface area (Å²) >= 11 is 0. The van der Waals surface area contributed by atoms with Gasteiger partial charge in [0.2, 0.25) is 5.95 Å². The molecule has 9 aromatic rings. The van der Waals surface area contributed by atoms with Crippen LogP contribution in [0.25, 0.3) is 72.8 Å². The fourth-order valence-electron chi connectivity index (χ4n) is 6.99. The number of rotatable bonds is 4. The Kier molecular flexibility index (Phi) is 6.39. The predicted octanol–water partition coefficient (Wildman–Crippen LogP) is 10.8. The summed E-state index contributed by atoms with van der Waals surface area (Å²) < 4.78 is 2.27. The van der Waals surface area contributed by atoms with Gasteiger partial charge in [-0.2, -0.15) is 0 Å². The van der Waals surface area contributed by atoms with Crippen LogP contribution in [0.2, 0.25) is 0 Å². The second kappa shape index (κ2) is 11.4. The summed E-state index contributed by atoms with van der Waals surface area (Å²) in [6.45, 7) is 0. The molecule has 0 unspecified atom stereocenters. The van der Waals surface area contributed by atoms with Crippen molar-refractivity contribution in [2.24, 2.45) is 0 Å². The van der Waals surface area contributed by atoms with Gasteiger partial charge < -0.3 is 0 Å². The van der Waals surface area contributed by atoms with Crippen molar-refractivity contribution in [1.29, 1.82) is 0 Å². The number of aromatic nitrogens is 5. The van der Waals surface area contributed by atoms with E-state index in [1.807, 2.05) is 36.4 Å². The highest BCUT2D eigenvalue weighted by Gasteiger charge is 2.29. The first kappa shape index (κ1) is 28.1. The molecule has 2 aromatic heterocycles. The van der Waals surface area contributed by atoms with E-state index in [-0.39, 0.29) is 0 Å². The van der Waals surface area contributed by atoms with Crippen LogP contribution < -0.4 is 4.90 Å². The summed E-state index contributed by atoms with van der Waals surface area (Å²) in [5.74, 6) is 2.72. The number of hydrogen-bond acceptors (Lipinski definition) is 5. The molecular weight excluding hydrogens is 613 g/mol. The maximum Gasteiger partial charge on any atom is 0.220 e. The summed E-state index contributed by atoms with van der Waals surface area (Å²) in [7, 11) is 0. The SMILES string of the molecule is c1ccc(-c2nc(-c3ccc(N4c5ccccc5-c5ccccc5-n5c4nc4ccccc45)cc3)nc(-c3ccc4ccccc4c3)n2)cc1. The summed E-state index contributed by atoms with van der Waals surface area (Å²) in [4.78, 5) is 22.5. The van der Waals surface area contributed by atoms with E-state index in [2.05, 4.69) is 143 Å². The number of benzene rings is 7. The molecule has 0 amide bonds. The first-order valence-corrected chi connectivity index (χ1v) is 16.7. The molecule has 0 bridgehead atoms. The Labute approximate surface area is 288 Å². The minimum absolute atomic E-state index is 0.615. The summed E-state index contributed by atoms with van der Waals surface area (Å²) in [6, 6.07) is 58.7. The second-order valence-corrected chi connectivity index (χ2v) is 12.4. The molecule has 0 spiro atoms. The Hall–Kier alpha value is -6.92. The number of para-hydroxylation sites is 4. The van der Waals surface area contributed by atoms with Crippen molar-refractivity contribution in [2.75, 3.05) is 4.90 Å². The Bertz CT molecular complexity index is 2710. The van der Waals surface area contributed by atoms with Crippen LogP contribution in [0.15, 0.2) is 170 Å². The van der Waals surface area contributed by atoms with E-state index in [1.54, 1.807) is 0 Å². The zero-order chi connectivity index (χ0) is 33.0. The molecule has 0 fully saturated rings. The summed E-state index contributed by atoms with van der Waals surface area (Å²) in [6.07, 6.45) is 0. The molecular formula is C44H28N6. The maximum absolute atomic E-state index is 5.22. The van der Waals surface area contributed by atoms with Gasteiger partial charge in [0, 0.05) is 33.5 Å². The lowest BCUT2D eigenvalue weighted by atomic mass is 10.0. The average molecular weight is 641 g/mol. The quantitative estimate of drug-likeness (QED) is 0.192. The van der Waals surface area contributed by atoms with Crippen molar-refractivity contribution in [3.8, 4) is 51.0 Å². The average Bonchev–Trinajstić information content (AvgIpc) is 3.52. The molecule has 3 heterocycles. The Morgan fingerprint density at radius 2 is 0.940 bits per heavy atom. The lowest BCUT2D eigenvalue weighted by Crippen LogP contribution is -2.14. The van der Waals surface area contributed by atoms with Crippen LogP contribution in [-0.4, -0.2) is 24.5 Å². The highest BCUT2D eigenvalue weighted by molar-refractivity contribution is 5.96. The van der Waals surface area contributed by atoms with E-state index in [4.69, 9.17) is 19.9 Å². The predicted molar refractivity (Wildman–Crippen MR) is 202 cm³/mol. The third kappa shape index (κ3) is 4.58. The lowest BCUT2D eigenvalue weighted by Gasteiger charge is -2.24. The van der Waals surface area contributed by atoms with Crippen molar-refractivity contribution >= 4 is 39.1 Å². The van der Waals surface area contributed by atoms with Crippen LogP contribution in [0, 0.1) is 0 Å². The molecule has 7 aromatic carbocycles. The highest BCUT2D eigenvalue weighted by Crippen LogP contribution is 2.47. The van der Waals surface area contributed by atoms with Gasteiger partial charge >= 0.3 is 0 Å². The van der Waals surface area contributed by atoms with Crippen LogP contribution in [0.3, 0.4) is 0 Å². The van der Waals surface area contributed by atoms with Gasteiger partial charge in [-0.25, -0.2) is 19.9 Å². The minimum Gasteiger partial charge on any atom is -0.280 e. The van der Waals surface area contributed by atoms with Crippen molar-refractivity contribution < 1.29 is 0 Å². The third-order valence-electron chi connectivity index (χ3n) is 9.38. The van der Waals surface area contributed by atoms with Crippen molar-refractivity contribution in [2.45, 2.75) is 0 Å². The van der Waals surface area contributed by atoms with Crippen molar-refractivity contribution in [3.05, 3.63) is 170 Å². The third-order valence-corrected chi connectivity index (χ3v) is 9.38.